The van der Waals surface area contributed by atoms with Crippen LogP contribution in [0.2, 0.25) is 0 Å². The van der Waals surface area contributed by atoms with E-state index in [4.69, 9.17) is 4.74 Å². The van der Waals surface area contributed by atoms with Gasteiger partial charge in [0.1, 0.15) is 17.4 Å². The standard InChI is InChI=1S/C25H26N4O2/c1-5-31-24-9-7-6-8-23(24)27-25(30)21(15-26)14-22-18(3)28-29(19(22)4)16-20-12-10-17(2)11-13-20/h6-14H,5,16H2,1-4H3,(H,27,30)/b21-14+. The van der Waals surface area contributed by atoms with Crippen LogP contribution >= 0.6 is 0 Å². The number of para-hydroxylation sites is 2. The van der Waals surface area contributed by atoms with Gasteiger partial charge in [0.15, 0.2) is 0 Å². The van der Waals surface area contributed by atoms with Crippen LogP contribution in [0.4, 0.5) is 5.69 Å². The largest absolute Gasteiger partial charge is 0.492 e. The number of anilines is 1. The smallest absolute Gasteiger partial charge is 0.266 e. The first-order valence-corrected chi connectivity index (χ1v) is 10.2. The molecule has 0 aliphatic rings. The second-order valence-corrected chi connectivity index (χ2v) is 7.28. The number of carbonyl (C=O) groups is 1. The van der Waals surface area contributed by atoms with Crippen molar-refractivity contribution in [3.05, 3.63) is 82.2 Å². The molecule has 1 N–H and O–H groups in total. The number of benzene rings is 2. The van der Waals surface area contributed by atoms with Gasteiger partial charge >= 0.3 is 0 Å². The second-order valence-electron chi connectivity index (χ2n) is 7.28. The average molecular weight is 415 g/mol. The Morgan fingerprint density at radius 2 is 1.87 bits per heavy atom. The van der Waals surface area contributed by atoms with Crippen molar-refractivity contribution in [2.75, 3.05) is 11.9 Å². The fourth-order valence-electron chi connectivity index (χ4n) is 3.27. The van der Waals surface area contributed by atoms with Crippen molar-refractivity contribution in [1.82, 2.24) is 9.78 Å². The van der Waals surface area contributed by atoms with Crippen molar-refractivity contribution in [1.29, 1.82) is 5.26 Å². The van der Waals surface area contributed by atoms with Gasteiger partial charge in [-0.05, 0) is 51.5 Å². The molecule has 31 heavy (non-hydrogen) atoms. The third kappa shape index (κ3) is 5.20. The fourth-order valence-corrected chi connectivity index (χ4v) is 3.27. The number of hydrogen-bond donors (Lipinski definition) is 1. The van der Waals surface area contributed by atoms with Gasteiger partial charge in [0.2, 0.25) is 0 Å². The van der Waals surface area contributed by atoms with E-state index in [2.05, 4.69) is 41.6 Å². The summed E-state index contributed by atoms with van der Waals surface area (Å²) in [6.45, 7) is 8.85. The highest BCUT2D eigenvalue weighted by Crippen LogP contribution is 2.25. The summed E-state index contributed by atoms with van der Waals surface area (Å²) in [5, 5.41) is 17.0. The lowest BCUT2D eigenvalue weighted by atomic mass is 10.1. The Morgan fingerprint density at radius 1 is 1.16 bits per heavy atom. The molecule has 0 bridgehead atoms. The van der Waals surface area contributed by atoms with E-state index < -0.39 is 5.91 Å². The molecule has 2 aromatic carbocycles. The molecule has 0 unspecified atom stereocenters. The molecule has 6 nitrogen and oxygen atoms in total. The molecule has 0 saturated carbocycles. The van der Waals surface area contributed by atoms with Crippen LogP contribution in [0, 0.1) is 32.1 Å². The van der Waals surface area contributed by atoms with Gasteiger partial charge < -0.3 is 10.1 Å². The van der Waals surface area contributed by atoms with Crippen molar-refractivity contribution < 1.29 is 9.53 Å². The summed E-state index contributed by atoms with van der Waals surface area (Å²) in [6, 6.07) is 17.5. The Morgan fingerprint density at radius 3 is 2.55 bits per heavy atom. The Hall–Kier alpha value is -3.85. The Bertz CT molecular complexity index is 1150. The maximum atomic E-state index is 12.8. The third-order valence-corrected chi connectivity index (χ3v) is 4.98. The topological polar surface area (TPSA) is 79.9 Å². The number of ether oxygens (including phenoxy) is 1. The summed E-state index contributed by atoms with van der Waals surface area (Å²) in [7, 11) is 0. The lowest BCUT2D eigenvalue weighted by molar-refractivity contribution is -0.112. The maximum absolute atomic E-state index is 12.8. The normalized spacial score (nSPS) is 11.1. The number of aryl methyl sites for hydroxylation is 2. The average Bonchev–Trinajstić information content (AvgIpc) is 3.02. The quantitative estimate of drug-likeness (QED) is 0.445. The number of nitriles is 1. The molecule has 0 saturated heterocycles. The van der Waals surface area contributed by atoms with Crippen molar-refractivity contribution in [3.8, 4) is 11.8 Å². The zero-order valence-electron chi connectivity index (χ0n) is 18.3. The SMILES string of the molecule is CCOc1ccccc1NC(=O)/C(C#N)=C/c1c(C)nn(Cc2ccc(C)cc2)c1C. The van der Waals surface area contributed by atoms with Crippen molar-refractivity contribution in [2.24, 2.45) is 0 Å². The van der Waals surface area contributed by atoms with E-state index in [1.807, 2.05) is 37.6 Å². The summed E-state index contributed by atoms with van der Waals surface area (Å²) in [4.78, 5) is 12.8. The van der Waals surface area contributed by atoms with Gasteiger partial charge in [-0.1, -0.05) is 42.0 Å². The number of aromatic nitrogens is 2. The highest BCUT2D eigenvalue weighted by molar-refractivity contribution is 6.10. The van der Waals surface area contributed by atoms with E-state index in [1.165, 1.54) is 5.56 Å². The molecule has 158 valence electrons. The van der Waals surface area contributed by atoms with Crippen LogP contribution in [0.25, 0.3) is 6.08 Å². The monoisotopic (exact) mass is 414 g/mol. The number of nitrogens with zero attached hydrogens (tertiary/aromatic N) is 3. The van der Waals surface area contributed by atoms with Crippen LogP contribution in [-0.2, 0) is 11.3 Å². The molecular formula is C25H26N4O2. The van der Waals surface area contributed by atoms with Gasteiger partial charge in [0.05, 0.1) is 24.5 Å². The molecule has 0 atom stereocenters. The van der Waals surface area contributed by atoms with Gasteiger partial charge in [-0.15, -0.1) is 0 Å². The van der Waals surface area contributed by atoms with Crippen molar-refractivity contribution in [2.45, 2.75) is 34.2 Å². The third-order valence-electron chi connectivity index (χ3n) is 4.98. The fraction of sp³-hybridized carbons (Fsp3) is 0.240. The summed E-state index contributed by atoms with van der Waals surface area (Å²) in [5.74, 6) is 0.0775. The molecule has 1 aromatic heterocycles. The van der Waals surface area contributed by atoms with Crippen LogP contribution in [0.15, 0.2) is 54.1 Å². The van der Waals surface area contributed by atoms with E-state index in [-0.39, 0.29) is 5.57 Å². The van der Waals surface area contributed by atoms with Crippen LogP contribution < -0.4 is 10.1 Å². The van der Waals surface area contributed by atoms with Crippen LogP contribution in [0.5, 0.6) is 5.75 Å². The highest BCUT2D eigenvalue weighted by atomic mass is 16.5. The number of rotatable bonds is 7. The molecule has 3 rings (SSSR count). The minimum absolute atomic E-state index is 0.00684. The van der Waals surface area contributed by atoms with Crippen LogP contribution in [-0.4, -0.2) is 22.3 Å². The molecule has 0 radical (unpaired) electrons. The van der Waals surface area contributed by atoms with Gasteiger partial charge in [0, 0.05) is 11.3 Å². The predicted octanol–water partition coefficient (Wildman–Crippen LogP) is 4.80. The van der Waals surface area contributed by atoms with E-state index in [9.17, 15) is 10.1 Å². The lowest BCUT2D eigenvalue weighted by Crippen LogP contribution is -2.14. The molecule has 0 aliphatic heterocycles. The molecule has 3 aromatic rings. The lowest BCUT2D eigenvalue weighted by Gasteiger charge is -2.10. The van der Waals surface area contributed by atoms with Gasteiger partial charge in [-0.3, -0.25) is 9.48 Å². The zero-order chi connectivity index (χ0) is 22.4. The predicted molar refractivity (Wildman–Crippen MR) is 122 cm³/mol. The second kappa shape index (κ2) is 9.77. The number of carbonyl (C=O) groups excluding carboxylic acids is 1. The molecule has 0 fully saturated rings. The Kier molecular flexibility index (Phi) is 6.88. The van der Waals surface area contributed by atoms with E-state index >= 15 is 0 Å². The first-order chi connectivity index (χ1) is 14.9. The van der Waals surface area contributed by atoms with E-state index in [0.29, 0.717) is 24.6 Å². The van der Waals surface area contributed by atoms with Crippen molar-refractivity contribution >= 4 is 17.7 Å². The molecule has 1 amide bonds. The molecule has 0 spiro atoms. The summed E-state index contributed by atoms with van der Waals surface area (Å²) in [5.41, 5.74) is 5.31. The molecule has 6 heteroatoms. The van der Waals surface area contributed by atoms with Crippen LogP contribution in [0.1, 0.15) is 35.0 Å². The molecular weight excluding hydrogens is 388 g/mol. The van der Waals surface area contributed by atoms with Crippen molar-refractivity contribution in [3.63, 3.8) is 0 Å². The maximum Gasteiger partial charge on any atom is 0.266 e. The minimum atomic E-state index is -0.486. The van der Waals surface area contributed by atoms with Gasteiger partial charge in [-0.2, -0.15) is 10.4 Å². The van der Waals surface area contributed by atoms with E-state index in [0.717, 1.165) is 22.5 Å². The summed E-state index contributed by atoms with van der Waals surface area (Å²) >= 11 is 0. The first kappa shape index (κ1) is 21.8. The minimum Gasteiger partial charge on any atom is -0.492 e. The molecule has 0 aliphatic carbocycles. The first-order valence-electron chi connectivity index (χ1n) is 10.2. The summed E-state index contributed by atoms with van der Waals surface area (Å²) in [6.07, 6.45) is 1.60. The zero-order valence-corrected chi connectivity index (χ0v) is 18.3. The summed E-state index contributed by atoms with van der Waals surface area (Å²) < 4.78 is 7.44. The number of hydrogen-bond acceptors (Lipinski definition) is 4. The van der Waals surface area contributed by atoms with E-state index in [1.54, 1.807) is 24.3 Å². The van der Waals surface area contributed by atoms with Gasteiger partial charge in [-0.25, -0.2) is 0 Å². The van der Waals surface area contributed by atoms with Crippen LogP contribution in [0.3, 0.4) is 0 Å². The molecule has 1 heterocycles. The Balaban J connectivity index is 1.85. The number of amides is 1. The Labute approximate surface area is 182 Å². The highest BCUT2D eigenvalue weighted by Gasteiger charge is 2.16. The van der Waals surface area contributed by atoms with Gasteiger partial charge in [0.25, 0.3) is 5.91 Å². The number of nitrogens with one attached hydrogen (secondary N) is 1.